The van der Waals surface area contributed by atoms with Gasteiger partial charge in [0, 0.05) is 4.83 Å². The molecule has 0 rings (SSSR count). The summed E-state index contributed by atoms with van der Waals surface area (Å²) >= 11 is 3.50. The van der Waals surface area contributed by atoms with Crippen molar-refractivity contribution in [2.45, 2.75) is 44.4 Å². The quantitative estimate of drug-likeness (QED) is 0.458. The van der Waals surface area contributed by atoms with Crippen LogP contribution >= 0.6 is 15.9 Å². The molecule has 0 amide bonds. The zero-order chi connectivity index (χ0) is 6.41. The van der Waals surface area contributed by atoms with E-state index >= 15 is 0 Å². The fourth-order valence-electron chi connectivity index (χ4n) is 0.676. The van der Waals surface area contributed by atoms with Crippen LogP contribution in [-0.4, -0.2) is 4.83 Å². The van der Waals surface area contributed by atoms with Gasteiger partial charge in [0.1, 0.15) is 0 Å². The molecule has 0 aromatic heterocycles. The van der Waals surface area contributed by atoms with Crippen LogP contribution < -0.4 is 0 Å². The molecular weight excluding hydrogens is 164 g/mol. The first-order valence-electron chi connectivity index (χ1n) is 3.41. The average molecular weight is 179 g/mol. The summed E-state index contributed by atoms with van der Waals surface area (Å²) in [6.45, 7) is 4.44. The Morgan fingerprint density at radius 1 is 1.38 bits per heavy atom. The molecule has 0 saturated carbocycles. The molecule has 0 aliphatic heterocycles. The molecule has 0 bridgehead atoms. The molecule has 50 valence electrons. The molecule has 1 heteroatoms. The van der Waals surface area contributed by atoms with Crippen molar-refractivity contribution in [1.82, 2.24) is 0 Å². The number of rotatable bonds is 4. The van der Waals surface area contributed by atoms with Crippen molar-refractivity contribution in [3.8, 4) is 0 Å². The summed E-state index contributed by atoms with van der Waals surface area (Å²) in [4.78, 5) is 0.717. The zero-order valence-corrected chi connectivity index (χ0v) is 7.37. The average Bonchev–Trinajstić information content (AvgIpc) is 1.66. The highest BCUT2D eigenvalue weighted by Gasteiger charge is 1.92. The Labute approximate surface area is 60.8 Å². The van der Waals surface area contributed by atoms with E-state index in [0.717, 1.165) is 0 Å². The number of hydrogen-bond donors (Lipinski definition) is 0. The summed E-state index contributed by atoms with van der Waals surface area (Å²) in [5.41, 5.74) is 0. The minimum absolute atomic E-state index is 0.717. The van der Waals surface area contributed by atoms with Gasteiger partial charge in [-0.2, -0.15) is 0 Å². The fraction of sp³-hybridized carbons (Fsp3) is 1.00. The van der Waals surface area contributed by atoms with Crippen molar-refractivity contribution in [3.05, 3.63) is 0 Å². The van der Waals surface area contributed by atoms with Crippen molar-refractivity contribution >= 4 is 15.9 Å². The number of halogens is 1. The van der Waals surface area contributed by atoms with Gasteiger partial charge in [-0.25, -0.2) is 0 Å². The molecule has 0 heterocycles. The Morgan fingerprint density at radius 2 is 2.00 bits per heavy atom. The summed E-state index contributed by atoms with van der Waals surface area (Å²) in [5.74, 6) is 0. The Balaban J connectivity index is 2.72. The van der Waals surface area contributed by atoms with E-state index in [2.05, 4.69) is 29.8 Å². The maximum atomic E-state index is 3.50. The van der Waals surface area contributed by atoms with Gasteiger partial charge in [-0.3, -0.25) is 0 Å². The lowest BCUT2D eigenvalue weighted by Crippen LogP contribution is -1.87. The lowest BCUT2D eigenvalue weighted by atomic mass is 10.2. The molecule has 8 heavy (non-hydrogen) atoms. The topological polar surface area (TPSA) is 0 Å². The van der Waals surface area contributed by atoms with Gasteiger partial charge in [0.2, 0.25) is 0 Å². The summed E-state index contributed by atoms with van der Waals surface area (Å²) in [6.07, 6.45) is 5.42. The largest absolute Gasteiger partial charge is 0.0894 e. The van der Waals surface area contributed by atoms with Crippen LogP contribution in [0.4, 0.5) is 0 Å². The molecule has 0 nitrogen and oxygen atoms in total. The summed E-state index contributed by atoms with van der Waals surface area (Å²) in [6, 6.07) is 0. The van der Waals surface area contributed by atoms with Crippen LogP contribution in [0.15, 0.2) is 0 Å². The highest BCUT2D eigenvalue weighted by molar-refractivity contribution is 9.09. The van der Waals surface area contributed by atoms with Crippen molar-refractivity contribution in [2.75, 3.05) is 0 Å². The molecule has 0 fully saturated rings. The SMILES string of the molecule is CCCCC[C@H](C)Br. The maximum Gasteiger partial charge on any atom is 0.0117 e. The first kappa shape index (κ1) is 8.48. The van der Waals surface area contributed by atoms with Crippen LogP contribution in [0, 0.1) is 0 Å². The molecule has 0 radical (unpaired) electrons. The van der Waals surface area contributed by atoms with Gasteiger partial charge in [-0.05, 0) is 6.42 Å². The summed E-state index contributed by atoms with van der Waals surface area (Å²) in [5, 5.41) is 0. The minimum atomic E-state index is 0.717. The predicted octanol–water partition coefficient (Wildman–Crippen LogP) is 3.35. The van der Waals surface area contributed by atoms with E-state index in [0.29, 0.717) is 4.83 Å². The van der Waals surface area contributed by atoms with E-state index in [9.17, 15) is 0 Å². The first-order valence-corrected chi connectivity index (χ1v) is 4.33. The third-order valence-electron chi connectivity index (χ3n) is 1.21. The van der Waals surface area contributed by atoms with E-state index in [-0.39, 0.29) is 0 Å². The highest BCUT2D eigenvalue weighted by atomic mass is 79.9. The molecular formula is C7H15Br. The number of hydrogen-bond acceptors (Lipinski definition) is 0. The first-order chi connectivity index (χ1) is 3.77. The van der Waals surface area contributed by atoms with E-state index in [4.69, 9.17) is 0 Å². The van der Waals surface area contributed by atoms with Crippen molar-refractivity contribution in [2.24, 2.45) is 0 Å². The molecule has 0 aromatic carbocycles. The fourth-order valence-corrected chi connectivity index (χ4v) is 0.999. The molecule has 0 aromatic rings. The van der Waals surface area contributed by atoms with Gasteiger partial charge in [-0.1, -0.05) is 49.0 Å². The van der Waals surface area contributed by atoms with Crippen molar-refractivity contribution < 1.29 is 0 Å². The van der Waals surface area contributed by atoms with Gasteiger partial charge in [-0.15, -0.1) is 0 Å². The third kappa shape index (κ3) is 6.48. The van der Waals surface area contributed by atoms with E-state index < -0.39 is 0 Å². The second-order valence-corrected chi connectivity index (χ2v) is 3.84. The normalized spacial score (nSPS) is 13.9. The molecule has 0 spiro atoms. The van der Waals surface area contributed by atoms with E-state index in [1.807, 2.05) is 0 Å². The molecule has 1 atom stereocenters. The van der Waals surface area contributed by atoms with Crippen LogP contribution in [0.25, 0.3) is 0 Å². The molecule has 0 aliphatic carbocycles. The van der Waals surface area contributed by atoms with E-state index in [1.165, 1.54) is 25.7 Å². The molecule has 0 N–H and O–H groups in total. The minimum Gasteiger partial charge on any atom is -0.0894 e. The van der Waals surface area contributed by atoms with Gasteiger partial charge >= 0.3 is 0 Å². The molecule has 0 saturated heterocycles. The predicted molar refractivity (Wildman–Crippen MR) is 42.5 cm³/mol. The van der Waals surface area contributed by atoms with Crippen LogP contribution in [-0.2, 0) is 0 Å². The van der Waals surface area contributed by atoms with Crippen LogP contribution in [0.1, 0.15) is 39.5 Å². The maximum absolute atomic E-state index is 3.50. The standard InChI is InChI=1S/C7H15Br/c1-3-4-5-6-7(2)8/h7H,3-6H2,1-2H3/t7-/m0/s1. The van der Waals surface area contributed by atoms with Gasteiger partial charge in [0.25, 0.3) is 0 Å². The van der Waals surface area contributed by atoms with Crippen LogP contribution in [0.5, 0.6) is 0 Å². The summed E-state index contributed by atoms with van der Waals surface area (Å²) < 4.78 is 0. The van der Waals surface area contributed by atoms with Gasteiger partial charge in [0.15, 0.2) is 0 Å². The third-order valence-corrected chi connectivity index (χ3v) is 1.66. The second kappa shape index (κ2) is 5.61. The summed E-state index contributed by atoms with van der Waals surface area (Å²) in [7, 11) is 0. The Morgan fingerprint density at radius 3 is 2.38 bits per heavy atom. The van der Waals surface area contributed by atoms with Crippen molar-refractivity contribution in [1.29, 1.82) is 0 Å². The van der Waals surface area contributed by atoms with Crippen LogP contribution in [0.2, 0.25) is 0 Å². The number of alkyl halides is 1. The van der Waals surface area contributed by atoms with Crippen molar-refractivity contribution in [3.63, 3.8) is 0 Å². The lowest BCUT2D eigenvalue weighted by molar-refractivity contribution is 0.668. The zero-order valence-electron chi connectivity index (χ0n) is 5.78. The smallest absolute Gasteiger partial charge is 0.0117 e. The van der Waals surface area contributed by atoms with Crippen LogP contribution in [0.3, 0.4) is 0 Å². The number of unbranched alkanes of at least 4 members (excludes halogenated alkanes) is 2. The highest BCUT2D eigenvalue weighted by Crippen LogP contribution is 2.08. The van der Waals surface area contributed by atoms with Gasteiger partial charge < -0.3 is 0 Å². The Bertz CT molecular complexity index is 41.7. The molecule has 0 aliphatic rings. The monoisotopic (exact) mass is 178 g/mol. The van der Waals surface area contributed by atoms with E-state index in [1.54, 1.807) is 0 Å². The second-order valence-electron chi connectivity index (χ2n) is 2.28. The van der Waals surface area contributed by atoms with Gasteiger partial charge in [0.05, 0.1) is 0 Å². The Hall–Kier alpha value is 0.480. The molecule has 0 unspecified atom stereocenters. The Kier molecular flexibility index (Phi) is 5.95. The lowest BCUT2D eigenvalue weighted by Gasteiger charge is -1.98.